The summed E-state index contributed by atoms with van der Waals surface area (Å²) < 4.78 is 73.8. The number of halogens is 7. The van der Waals surface area contributed by atoms with Gasteiger partial charge in [0.05, 0.1) is 11.2 Å². The summed E-state index contributed by atoms with van der Waals surface area (Å²) in [6.07, 6.45) is 0.153. The van der Waals surface area contributed by atoms with Gasteiger partial charge in [-0.3, -0.25) is 6.08 Å². The first-order valence-corrected chi connectivity index (χ1v) is 14.0. The molecule has 0 spiro atoms. The summed E-state index contributed by atoms with van der Waals surface area (Å²) in [4.78, 5) is 0. The molecule has 0 aromatic heterocycles. The molecule has 0 bridgehead atoms. The molecule has 2 rings (SSSR count). The van der Waals surface area contributed by atoms with Gasteiger partial charge >= 0.3 is 35.4 Å². The molecule has 1 fully saturated rings. The van der Waals surface area contributed by atoms with Crippen LogP contribution in [0.4, 0.5) is 26.3 Å². The molecular formula is C31H52BrF6MgNO2. The van der Waals surface area contributed by atoms with Gasteiger partial charge in [-0.2, -0.15) is 26.3 Å². The van der Waals surface area contributed by atoms with Crippen molar-refractivity contribution in [3.05, 3.63) is 59.2 Å². The summed E-state index contributed by atoms with van der Waals surface area (Å²) in [5, 5.41) is 18.0. The Hall–Kier alpha value is -0.594. The number of aliphatic hydroxyl groups is 2. The van der Waals surface area contributed by atoms with Crippen molar-refractivity contribution < 1.29 is 53.5 Å². The predicted octanol–water partition coefficient (Wildman–Crippen LogP) is 6.01. The van der Waals surface area contributed by atoms with Crippen LogP contribution in [0.15, 0.2) is 42.0 Å². The van der Waals surface area contributed by atoms with Gasteiger partial charge in [0, 0.05) is 7.11 Å². The molecule has 1 aromatic rings. The van der Waals surface area contributed by atoms with Crippen LogP contribution >= 0.6 is 0 Å². The van der Waals surface area contributed by atoms with Crippen molar-refractivity contribution in [2.45, 2.75) is 112 Å². The van der Waals surface area contributed by atoms with Crippen molar-refractivity contribution in [2.75, 3.05) is 13.7 Å². The fourth-order valence-corrected chi connectivity index (χ4v) is 4.40. The van der Waals surface area contributed by atoms with E-state index in [2.05, 4.69) is 19.9 Å². The molecule has 0 radical (unpaired) electrons. The molecule has 1 aromatic carbocycles. The minimum atomic E-state index is -4.35. The molecule has 0 saturated heterocycles. The SMILES string of the molecule is CC.CC.CCC(C)CC1(CN)CCC(O)(c2ccc(C(F)(F)F)cc2)C1.CO.C[C-]=C/C=C(\CC)C(F)(F)F.[Br-].[Mg+2]. The molecule has 0 heterocycles. The van der Waals surface area contributed by atoms with Gasteiger partial charge < -0.3 is 32.9 Å². The summed E-state index contributed by atoms with van der Waals surface area (Å²) >= 11 is 0. The standard InChI is InChI=1S/C18H26F3NO.C8H10F3.2C2H6.CH4O.BrH.Mg/c1-3-13(2)10-16(12-22)8-9-17(23,11-16)14-4-6-15(7-5-14)18(19,20)21;1-3-5-6-7(4-2)8(9,10)11;3*1-2;;/h4-7,13,23H,3,8-12,22H2,1-2H3;5-6H,4H2,1-2H3;2*1-2H3;2H,1H3;1H;/q;-1;;;;;+2/p-1/b;7-6+;;;;;. The molecule has 4 N–H and O–H groups in total. The van der Waals surface area contributed by atoms with E-state index in [0.29, 0.717) is 30.9 Å². The third-order valence-corrected chi connectivity index (χ3v) is 6.59. The van der Waals surface area contributed by atoms with Gasteiger partial charge in [-0.25, -0.2) is 12.2 Å². The van der Waals surface area contributed by atoms with Gasteiger partial charge in [0.15, 0.2) is 0 Å². The minimum Gasteiger partial charge on any atom is -1.00 e. The Bertz CT molecular complexity index is 832. The smallest absolute Gasteiger partial charge is 1.00 e. The molecular weight excluding hydrogens is 637 g/mol. The molecule has 1 aliphatic carbocycles. The zero-order valence-electron chi connectivity index (χ0n) is 26.8. The zero-order valence-corrected chi connectivity index (χ0v) is 29.8. The fourth-order valence-electron chi connectivity index (χ4n) is 4.40. The molecule has 0 amide bonds. The third kappa shape index (κ3) is 18.3. The van der Waals surface area contributed by atoms with Gasteiger partial charge in [0.1, 0.15) is 0 Å². The van der Waals surface area contributed by atoms with Crippen LogP contribution < -0.4 is 22.7 Å². The summed E-state index contributed by atoms with van der Waals surface area (Å²) in [5.74, 6) is 0.522. The molecule has 1 saturated carbocycles. The van der Waals surface area contributed by atoms with Crippen LogP contribution in [0.5, 0.6) is 0 Å². The predicted molar refractivity (Wildman–Crippen MR) is 159 cm³/mol. The Labute approximate surface area is 277 Å². The van der Waals surface area contributed by atoms with Gasteiger partial charge in [-0.05, 0) is 73.3 Å². The number of nitrogens with two attached hydrogens (primary N) is 1. The van der Waals surface area contributed by atoms with E-state index in [1.807, 2.05) is 27.7 Å². The Morgan fingerprint density at radius 2 is 1.48 bits per heavy atom. The number of rotatable bonds is 7. The third-order valence-electron chi connectivity index (χ3n) is 6.59. The number of alkyl halides is 6. The first kappa shape index (κ1) is 51.0. The number of hydrogen-bond acceptors (Lipinski definition) is 3. The largest absolute Gasteiger partial charge is 2.00 e. The molecule has 0 aliphatic heterocycles. The summed E-state index contributed by atoms with van der Waals surface area (Å²) in [7, 11) is 1.00. The summed E-state index contributed by atoms with van der Waals surface area (Å²) in [6, 6.07) is 4.90. The maximum atomic E-state index is 12.7. The van der Waals surface area contributed by atoms with Crippen molar-refractivity contribution in [1.82, 2.24) is 0 Å². The first-order chi connectivity index (χ1) is 18.7. The van der Waals surface area contributed by atoms with E-state index in [9.17, 15) is 31.4 Å². The van der Waals surface area contributed by atoms with Gasteiger partial charge in [0.2, 0.25) is 0 Å². The second-order valence-corrected chi connectivity index (χ2v) is 9.20. The van der Waals surface area contributed by atoms with Crippen molar-refractivity contribution in [1.29, 1.82) is 0 Å². The van der Waals surface area contributed by atoms with E-state index < -0.39 is 29.1 Å². The van der Waals surface area contributed by atoms with Crippen LogP contribution in [0.3, 0.4) is 0 Å². The average molecular weight is 689 g/mol. The van der Waals surface area contributed by atoms with E-state index in [0.717, 1.165) is 44.6 Å². The molecule has 3 atom stereocenters. The minimum absolute atomic E-state index is 0. The van der Waals surface area contributed by atoms with Gasteiger partial charge in [0.25, 0.3) is 0 Å². The van der Waals surface area contributed by atoms with Crippen molar-refractivity contribution in [3.63, 3.8) is 0 Å². The topological polar surface area (TPSA) is 66.5 Å². The molecule has 3 unspecified atom stereocenters. The molecule has 11 heteroatoms. The zero-order chi connectivity index (χ0) is 32.2. The normalized spacial score (nSPS) is 20.5. The van der Waals surface area contributed by atoms with Crippen LogP contribution in [0.1, 0.15) is 105 Å². The van der Waals surface area contributed by atoms with E-state index in [1.54, 1.807) is 6.92 Å². The van der Waals surface area contributed by atoms with Crippen molar-refractivity contribution in [2.24, 2.45) is 17.1 Å². The number of benzene rings is 1. The molecule has 1 aliphatic rings. The average Bonchev–Trinajstić information content (AvgIpc) is 3.29. The Balaban J connectivity index is -0.000000205. The van der Waals surface area contributed by atoms with Crippen LogP contribution in [0.25, 0.3) is 0 Å². The van der Waals surface area contributed by atoms with E-state index in [4.69, 9.17) is 10.8 Å². The van der Waals surface area contributed by atoms with E-state index in [1.165, 1.54) is 25.1 Å². The monoisotopic (exact) mass is 687 g/mol. The van der Waals surface area contributed by atoms with Crippen LogP contribution in [0, 0.1) is 17.4 Å². The number of aliphatic hydroxyl groups excluding tert-OH is 1. The van der Waals surface area contributed by atoms with E-state index in [-0.39, 0.29) is 51.9 Å². The fraction of sp³-hybridized carbons (Fsp3) is 0.677. The maximum absolute atomic E-state index is 12.7. The van der Waals surface area contributed by atoms with Crippen LogP contribution in [0.2, 0.25) is 0 Å². The second kappa shape index (κ2) is 25.7. The van der Waals surface area contributed by atoms with Gasteiger partial charge in [-0.1, -0.05) is 67.0 Å². The first-order valence-electron chi connectivity index (χ1n) is 14.0. The Morgan fingerprint density at radius 1 is 1.00 bits per heavy atom. The van der Waals surface area contributed by atoms with Crippen LogP contribution in [-0.2, 0) is 11.8 Å². The van der Waals surface area contributed by atoms with Gasteiger partial charge in [-0.15, -0.1) is 6.92 Å². The Kier molecular flexibility index (Phi) is 31.2. The Morgan fingerprint density at radius 3 is 1.81 bits per heavy atom. The number of hydrogen-bond donors (Lipinski definition) is 3. The molecule has 3 nitrogen and oxygen atoms in total. The van der Waals surface area contributed by atoms with Crippen molar-refractivity contribution >= 4 is 23.1 Å². The molecule has 42 heavy (non-hydrogen) atoms. The second-order valence-electron chi connectivity index (χ2n) is 9.20. The summed E-state index contributed by atoms with van der Waals surface area (Å²) in [6.45, 7) is 15.8. The van der Waals surface area contributed by atoms with Crippen molar-refractivity contribution in [3.8, 4) is 0 Å². The maximum Gasteiger partial charge on any atom is 2.00 e. The quantitative estimate of drug-likeness (QED) is 0.143. The molecule has 244 valence electrons. The summed E-state index contributed by atoms with van der Waals surface area (Å²) in [5.41, 5.74) is 4.15. The van der Waals surface area contributed by atoms with E-state index >= 15 is 0 Å². The van der Waals surface area contributed by atoms with Crippen LogP contribution in [-0.4, -0.2) is 53.1 Å². The number of allylic oxidation sites excluding steroid dienone is 4.